The molecule has 1 aliphatic rings. The second kappa shape index (κ2) is 5.10. The first kappa shape index (κ1) is 12.4. The van der Waals surface area contributed by atoms with Gasteiger partial charge >= 0.3 is 0 Å². The van der Waals surface area contributed by atoms with Crippen LogP contribution in [0.15, 0.2) is 22.7 Å². The first-order chi connectivity index (χ1) is 8.11. The SMILES string of the molecule is CC(C)C1CCN(c2ccc(C#N)cc2Br)C1. The lowest BCUT2D eigenvalue weighted by atomic mass is 9.95. The van der Waals surface area contributed by atoms with Gasteiger partial charge < -0.3 is 4.90 Å². The van der Waals surface area contributed by atoms with E-state index in [1.165, 1.54) is 12.1 Å². The van der Waals surface area contributed by atoms with Crippen LogP contribution in [-0.2, 0) is 0 Å². The zero-order valence-electron chi connectivity index (χ0n) is 10.3. The highest BCUT2D eigenvalue weighted by atomic mass is 79.9. The van der Waals surface area contributed by atoms with Gasteiger partial charge in [0.2, 0.25) is 0 Å². The van der Waals surface area contributed by atoms with Crippen molar-refractivity contribution in [3.8, 4) is 6.07 Å². The van der Waals surface area contributed by atoms with E-state index in [4.69, 9.17) is 5.26 Å². The van der Waals surface area contributed by atoms with Gasteiger partial charge in [0.15, 0.2) is 0 Å². The molecule has 1 unspecified atom stereocenters. The fraction of sp³-hybridized carbons (Fsp3) is 0.500. The lowest BCUT2D eigenvalue weighted by Gasteiger charge is -2.21. The van der Waals surface area contributed by atoms with E-state index in [9.17, 15) is 0 Å². The molecule has 1 aliphatic heterocycles. The topological polar surface area (TPSA) is 27.0 Å². The van der Waals surface area contributed by atoms with Gasteiger partial charge in [-0.25, -0.2) is 0 Å². The molecule has 1 saturated heterocycles. The Labute approximate surface area is 111 Å². The summed E-state index contributed by atoms with van der Waals surface area (Å²) in [5.41, 5.74) is 1.92. The molecule has 0 spiro atoms. The van der Waals surface area contributed by atoms with Crippen LogP contribution in [0.5, 0.6) is 0 Å². The maximum atomic E-state index is 8.85. The van der Waals surface area contributed by atoms with Gasteiger partial charge in [-0.2, -0.15) is 5.26 Å². The predicted octanol–water partition coefficient (Wildman–Crippen LogP) is 3.80. The molecule has 0 aromatic heterocycles. The van der Waals surface area contributed by atoms with Gasteiger partial charge in [0.05, 0.1) is 17.3 Å². The van der Waals surface area contributed by atoms with Gasteiger partial charge in [-0.1, -0.05) is 13.8 Å². The molecule has 0 N–H and O–H groups in total. The van der Waals surface area contributed by atoms with E-state index < -0.39 is 0 Å². The highest BCUT2D eigenvalue weighted by Gasteiger charge is 2.25. The quantitative estimate of drug-likeness (QED) is 0.829. The molecule has 3 heteroatoms. The van der Waals surface area contributed by atoms with Crippen molar-refractivity contribution >= 4 is 21.6 Å². The smallest absolute Gasteiger partial charge is 0.0992 e. The van der Waals surface area contributed by atoms with Crippen molar-refractivity contribution < 1.29 is 0 Å². The van der Waals surface area contributed by atoms with Crippen LogP contribution in [-0.4, -0.2) is 13.1 Å². The number of halogens is 1. The van der Waals surface area contributed by atoms with Gasteiger partial charge in [-0.15, -0.1) is 0 Å². The maximum absolute atomic E-state index is 8.85. The Morgan fingerprint density at radius 1 is 1.47 bits per heavy atom. The first-order valence-corrected chi connectivity index (χ1v) is 6.85. The molecule has 2 nitrogen and oxygen atoms in total. The molecule has 17 heavy (non-hydrogen) atoms. The molecule has 0 saturated carbocycles. The van der Waals surface area contributed by atoms with Crippen molar-refractivity contribution in [1.82, 2.24) is 0 Å². The molecule has 1 atom stereocenters. The predicted molar refractivity (Wildman–Crippen MR) is 74.0 cm³/mol. The Morgan fingerprint density at radius 2 is 2.24 bits per heavy atom. The van der Waals surface area contributed by atoms with E-state index in [1.54, 1.807) is 0 Å². The summed E-state index contributed by atoms with van der Waals surface area (Å²) in [5.74, 6) is 1.54. The summed E-state index contributed by atoms with van der Waals surface area (Å²) < 4.78 is 1.03. The van der Waals surface area contributed by atoms with Crippen LogP contribution in [0.1, 0.15) is 25.8 Å². The number of anilines is 1. The third-order valence-corrected chi connectivity index (χ3v) is 4.22. The van der Waals surface area contributed by atoms with Crippen LogP contribution >= 0.6 is 15.9 Å². The zero-order valence-corrected chi connectivity index (χ0v) is 11.9. The van der Waals surface area contributed by atoms with Crippen molar-refractivity contribution in [3.63, 3.8) is 0 Å². The lowest BCUT2D eigenvalue weighted by molar-refractivity contribution is 0.423. The van der Waals surface area contributed by atoms with Gasteiger partial charge in [-0.3, -0.25) is 0 Å². The fourth-order valence-corrected chi connectivity index (χ4v) is 3.01. The number of benzene rings is 1. The van der Waals surface area contributed by atoms with Gasteiger partial charge in [-0.05, 0) is 52.4 Å². The molecular weight excluding hydrogens is 276 g/mol. The van der Waals surface area contributed by atoms with Crippen molar-refractivity contribution in [2.24, 2.45) is 11.8 Å². The van der Waals surface area contributed by atoms with E-state index in [0.717, 1.165) is 29.4 Å². The molecule has 0 aliphatic carbocycles. The number of rotatable bonds is 2. The summed E-state index contributed by atoms with van der Waals surface area (Å²) in [4.78, 5) is 2.41. The number of hydrogen-bond acceptors (Lipinski definition) is 2. The summed E-state index contributed by atoms with van der Waals surface area (Å²) in [5, 5.41) is 8.85. The second-order valence-electron chi connectivity index (χ2n) is 5.02. The number of hydrogen-bond donors (Lipinski definition) is 0. The number of nitrogens with zero attached hydrogens (tertiary/aromatic N) is 2. The summed E-state index contributed by atoms with van der Waals surface area (Å²) in [6.45, 7) is 6.83. The van der Waals surface area contributed by atoms with Crippen LogP contribution in [0, 0.1) is 23.2 Å². The maximum Gasteiger partial charge on any atom is 0.0992 e. The molecule has 2 rings (SSSR count). The molecule has 1 aromatic carbocycles. The highest BCUT2D eigenvalue weighted by molar-refractivity contribution is 9.10. The molecular formula is C14H17BrN2. The fourth-order valence-electron chi connectivity index (χ4n) is 2.38. The average Bonchev–Trinajstić information content (AvgIpc) is 2.78. The molecule has 1 fully saturated rings. The Kier molecular flexibility index (Phi) is 3.73. The van der Waals surface area contributed by atoms with Crippen molar-refractivity contribution in [1.29, 1.82) is 5.26 Å². The molecule has 1 aromatic rings. The van der Waals surface area contributed by atoms with Gasteiger partial charge in [0.1, 0.15) is 0 Å². The Bertz CT molecular complexity index is 448. The van der Waals surface area contributed by atoms with E-state index in [-0.39, 0.29) is 0 Å². The second-order valence-corrected chi connectivity index (χ2v) is 5.87. The third kappa shape index (κ3) is 2.63. The van der Waals surface area contributed by atoms with Crippen molar-refractivity contribution in [3.05, 3.63) is 28.2 Å². The Hall–Kier alpha value is -1.01. The van der Waals surface area contributed by atoms with Crippen LogP contribution in [0.2, 0.25) is 0 Å². The molecule has 0 radical (unpaired) electrons. The molecule has 1 heterocycles. The van der Waals surface area contributed by atoms with Crippen LogP contribution in [0.3, 0.4) is 0 Å². The molecule has 0 amide bonds. The number of nitriles is 1. The summed E-state index contributed by atoms with van der Waals surface area (Å²) in [6, 6.07) is 8.00. The van der Waals surface area contributed by atoms with Crippen molar-refractivity contribution in [2.45, 2.75) is 20.3 Å². The van der Waals surface area contributed by atoms with E-state index in [0.29, 0.717) is 5.56 Å². The lowest BCUT2D eigenvalue weighted by Crippen LogP contribution is -2.21. The van der Waals surface area contributed by atoms with Crippen LogP contribution < -0.4 is 4.90 Å². The van der Waals surface area contributed by atoms with Crippen LogP contribution in [0.25, 0.3) is 0 Å². The van der Waals surface area contributed by atoms with E-state index in [2.05, 4.69) is 40.7 Å². The van der Waals surface area contributed by atoms with E-state index >= 15 is 0 Å². The minimum Gasteiger partial charge on any atom is -0.370 e. The molecule has 0 bridgehead atoms. The van der Waals surface area contributed by atoms with Gasteiger partial charge in [0.25, 0.3) is 0 Å². The minimum atomic E-state index is 0.709. The standard InChI is InChI=1S/C14H17BrN2/c1-10(2)12-5-6-17(9-12)14-4-3-11(8-16)7-13(14)15/h3-4,7,10,12H,5-6,9H2,1-2H3. The Morgan fingerprint density at radius 3 is 2.76 bits per heavy atom. The normalized spacial score (nSPS) is 19.7. The monoisotopic (exact) mass is 292 g/mol. The highest BCUT2D eigenvalue weighted by Crippen LogP contribution is 2.33. The average molecular weight is 293 g/mol. The molecule has 90 valence electrons. The van der Waals surface area contributed by atoms with Gasteiger partial charge in [0, 0.05) is 17.6 Å². The zero-order chi connectivity index (χ0) is 12.4. The summed E-state index contributed by atoms with van der Waals surface area (Å²) >= 11 is 3.56. The summed E-state index contributed by atoms with van der Waals surface area (Å²) in [6.07, 6.45) is 1.27. The van der Waals surface area contributed by atoms with Crippen LogP contribution in [0.4, 0.5) is 5.69 Å². The third-order valence-electron chi connectivity index (χ3n) is 3.58. The largest absolute Gasteiger partial charge is 0.370 e. The first-order valence-electron chi connectivity index (χ1n) is 6.06. The Balaban J connectivity index is 2.17. The minimum absolute atomic E-state index is 0.709. The van der Waals surface area contributed by atoms with Crippen molar-refractivity contribution in [2.75, 3.05) is 18.0 Å². The summed E-state index contributed by atoms with van der Waals surface area (Å²) in [7, 11) is 0. The van der Waals surface area contributed by atoms with E-state index in [1.807, 2.05) is 18.2 Å².